The average molecular weight is 477 g/mol. The second kappa shape index (κ2) is 8.85. The summed E-state index contributed by atoms with van der Waals surface area (Å²) in [7, 11) is -3.58. The van der Waals surface area contributed by atoms with Crippen LogP contribution in [0.15, 0.2) is 52.9 Å². The Balaban J connectivity index is 1.44. The maximum Gasteiger partial charge on any atom is 0.269 e. The third-order valence-corrected chi connectivity index (χ3v) is 7.71. The number of hydrogen-bond acceptors (Lipinski definition) is 8. The second-order valence-electron chi connectivity index (χ2n) is 7.01. The van der Waals surface area contributed by atoms with E-state index in [9.17, 15) is 13.2 Å². The first kappa shape index (κ1) is 21.6. The maximum absolute atomic E-state index is 12.8. The van der Waals surface area contributed by atoms with Crippen molar-refractivity contribution in [1.29, 1.82) is 0 Å². The molecule has 0 spiro atoms. The molecule has 1 aliphatic rings. The van der Waals surface area contributed by atoms with Crippen LogP contribution in [0.2, 0.25) is 0 Å². The third-order valence-electron chi connectivity index (χ3n) is 4.52. The van der Waals surface area contributed by atoms with Crippen LogP contribution < -0.4 is 14.4 Å². The van der Waals surface area contributed by atoms with Gasteiger partial charge in [-0.05, 0) is 30.2 Å². The van der Waals surface area contributed by atoms with Gasteiger partial charge in [-0.1, -0.05) is 59.5 Å². The first-order valence-corrected chi connectivity index (χ1v) is 13.0. The van der Waals surface area contributed by atoms with Crippen molar-refractivity contribution < 1.29 is 17.9 Å². The lowest BCUT2D eigenvalue weighted by molar-refractivity contribution is -0.122. The zero-order valence-corrected chi connectivity index (χ0v) is 19.3. The Labute approximate surface area is 188 Å². The minimum Gasteiger partial charge on any atom is -0.476 e. The van der Waals surface area contributed by atoms with Crippen LogP contribution in [-0.2, 0) is 20.6 Å². The molecule has 0 aliphatic carbocycles. The fraction of sp³-hybridized carbons (Fsp3) is 0.250. The summed E-state index contributed by atoms with van der Waals surface area (Å²) in [6, 6.07) is 15.2. The highest BCUT2D eigenvalue weighted by atomic mass is 32.2. The number of benzene rings is 2. The molecule has 2 aromatic carbocycles. The zero-order valence-electron chi connectivity index (χ0n) is 16.8. The molecule has 8 nitrogen and oxygen atoms in total. The van der Waals surface area contributed by atoms with Gasteiger partial charge < -0.3 is 4.74 Å². The van der Waals surface area contributed by atoms with Gasteiger partial charge in [0.15, 0.2) is 10.4 Å². The highest BCUT2D eigenvalue weighted by Gasteiger charge is 2.35. The van der Waals surface area contributed by atoms with Gasteiger partial charge in [-0.2, -0.15) is 0 Å². The van der Waals surface area contributed by atoms with Crippen LogP contribution in [0.1, 0.15) is 11.1 Å². The van der Waals surface area contributed by atoms with Crippen molar-refractivity contribution in [3.05, 3.63) is 59.7 Å². The van der Waals surface area contributed by atoms with Crippen LogP contribution in [0.3, 0.4) is 0 Å². The number of aromatic nitrogens is 2. The molecular weight excluding hydrogens is 456 g/mol. The summed E-state index contributed by atoms with van der Waals surface area (Å²) in [6.07, 6.45) is 0.106. The molecule has 1 amide bonds. The first-order chi connectivity index (χ1) is 14.8. The van der Waals surface area contributed by atoms with E-state index in [2.05, 4.69) is 15.5 Å². The van der Waals surface area contributed by atoms with Crippen molar-refractivity contribution in [1.82, 2.24) is 10.2 Å². The molecule has 1 atom stereocenters. The number of carbonyl (C=O) groups is 1. The van der Waals surface area contributed by atoms with Crippen LogP contribution in [0.4, 0.5) is 10.8 Å². The Morgan fingerprint density at radius 1 is 1.26 bits per heavy atom. The normalized spacial score (nSPS) is 15.8. The van der Waals surface area contributed by atoms with Gasteiger partial charge >= 0.3 is 0 Å². The van der Waals surface area contributed by atoms with E-state index in [0.29, 0.717) is 16.6 Å². The van der Waals surface area contributed by atoms with Gasteiger partial charge in [0, 0.05) is 5.75 Å². The van der Waals surface area contributed by atoms with E-state index in [4.69, 9.17) is 4.74 Å². The predicted molar refractivity (Wildman–Crippen MR) is 122 cm³/mol. The summed E-state index contributed by atoms with van der Waals surface area (Å²) in [5, 5.41) is 11.1. The number of aryl methyl sites for hydroxylation is 1. The Morgan fingerprint density at radius 2 is 2.03 bits per heavy atom. The highest BCUT2D eigenvalue weighted by Crippen LogP contribution is 2.36. The van der Waals surface area contributed by atoms with Gasteiger partial charge in [0.1, 0.15) is 5.75 Å². The maximum atomic E-state index is 12.8. The lowest BCUT2D eigenvalue weighted by atomic mass is 10.1. The summed E-state index contributed by atoms with van der Waals surface area (Å²) in [5.74, 6) is 0.615. The number of amides is 1. The number of fused-ring (bicyclic) bond motifs is 1. The Kier molecular flexibility index (Phi) is 6.17. The SMILES string of the molecule is Cc1ccc2c(c1)N(S(C)(=O)=O)C[C@@H](C(=O)Nc1nnc(SCc3ccccc3)s1)O2. The van der Waals surface area contributed by atoms with Crippen LogP contribution in [-0.4, -0.2) is 43.4 Å². The molecule has 0 radical (unpaired) electrons. The van der Waals surface area contributed by atoms with E-state index in [0.717, 1.165) is 21.9 Å². The summed E-state index contributed by atoms with van der Waals surface area (Å²) in [6.45, 7) is 1.75. The lowest BCUT2D eigenvalue weighted by Crippen LogP contribution is -2.48. The van der Waals surface area contributed by atoms with Crippen molar-refractivity contribution >= 4 is 49.8 Å². The van der Waals surface area contributed by atoms with E-state index in [-0.39, 0.29) is 6.54 Å². The molecule has 0 fully saturated rings. The monoisotopic (exact) mass is 476 g/mol. The van der Waals surface area contributed by atoms with Crippen LogP contribution in [0, 0.1) is 6.92 Å². The minimum atomic E-state index is -3.58. The van der Waals surface area contributed by atoms with E-state index < -0.39 is 22.0 Å². The van der Waals surface area contributed by atoms with Crippen LogP contribution >= 0.6 is 23.1 Å². The molecule has 0 unspecified atom stereocenters. The van der Waals surface area contributed by atoms with Gasteiger partial charge in [-0.3, -0.25) is 14.4 Å². The number of anilines is 2. The quantitative estimate of drug-likeness (QED) is 0.430. The van der Waals surface area contributed by atoms with Gasteiger partial charge in [-0.25, -0.2) is 8.42 Å². The average Bonchev–Trinajstić information content (AvgIpc) is 3.18. The van der Waals surface area contributed by atoms with E-state index in [1.165, 1.54) is 33.0 Å². The summed E-state index contributed by atoms with van der Waals surface area (Å²) >= 11 is 2.79. The van der Waals surface area contributed by atoms with Crippen molar-refractivity contribution in [3.63, 3.8) is 0 Å². The molecule has 1 N–H and O–H groups in total. The predicted octanol–water partition coefficient (Wildman–Crippen LogP) is 3.30. The minimum absolute atomic E-state index is 0.116. The number of carbonyl (C=O) groups excluding carboxylic acids is 1. The second-order valence-corrected chi connectivity index (χ2v) is 11.1. The van der Waals surface area contributed by atoms with Crippen LogP contribution in [0.5, 0.6) is 5.75 Å². The molecule has 2 heterocycles. The molecule has 11 heteroatoms. The summed E-state index contributed by atoms with van der Waals surface area (Å²) in [5.41, 5.74) is 2.49. The smallest absolute Gasteiger partial charge is 0.269 e. The Bertz CT molecular complexity index is 1200. The number of rotatable bonds is 6. The van der Waals surface area contributed by atoms with Crippen LogP contribution in [0.25, 0.3) is 0 Å². The van der Waals surface area contributed by atoms with Crippen molar-refractivity contribution in [2.45, 2.75) is 23.1 Å². The van der Waals surface area contributed by atoms with Gasteiger partial charge in [0.2, 0.25) is 15.2 Å². The van der Waals surface area contributed by atoms with E-state index in [1.54, 1.807) is 18.2 Å². The summed E-state index contributed by atoms with van der Waals surface area (Å²) < 4.78 is 32.3. The van der Waals surface area contributed by atoms with Crippen molar-refractivity contribution in [3.8, 4) is 5.75 Å². The van der Waals surface area contributed by atoms with E-state index in [1.807, 2.05) is 37.3 Å². The third kappa shape index (κ3) is 5.17. The Morgan fingerprint density at radius 3 is 2.77 bits per heavy atom. The molecule has 0 saturated carbocycles. The van der Waals surface area contributed by atoms with E-state index >= 15 is 0 Å². The number of thioether (sulfide) groups is 1. The fourth-order valence-corrected chi connectivity index (χ4v) is 5.65. The molecule has 31 heavy (non-hydrogen) atoms. The molecule has 4 rings (SSSR count). The number of nitrogens with zero attached hydrogens (tertiary/aromatic N) is 3. The topological polar surface area (TPSA) is 101 Å². The van der Waals surface area contributed by atoms with Gasteiger partial charge in [0.25, 0.3) is 5.91 Å². The number of hydrogen-bond donors (Lipinski definition) is 1. The molecule has 3 aromatic rings. The first-order valence-electron chi connectivity index (χ1n) is 9.36. The highest BCUT2D eigenvalue weighted by molar-refractivity contribution is 8.00. The fourth-order valence-electron chi connectivity index (χ4n) is 3.04. The summed E-state index contributed by atoms with van der Waals surface area (Å²) in [4.78, 5) is 12.8. The van der Waals surface area contributed by atoms with Crippen molar-refractivity contribution in [2.75, 3.05) is 22.4 Å². The molecule has 0 saturated heterocycles. The zero-order chi connectivity index (χ0) is 22.0. The number of sulfonamides is 1. The largest absolute Gasteiger partial charge is 0.476 e. The standard InChI is InChI=1S/C20H20N4O4S3/c1-13-8-9-16-15(10-13)24(31(2,26)27)11-17(28-16)18(25)21-19-22-23-20(30-19)29-12-14-6-4-3-5-7-14/h3-10,17H,11-12H2,1-2H3,(H,21,22,25)/t17-/m0/s1. The molecular formula is C20H20N4O4S3. The number of ether oxygens (including phenoxy) is 1. The van der Waals surface area contributed by atoms with Gasteiger partial charge in [0.05, 0.1) is 18.5 Å². The molecule has 1 aromatic heterocycles. The molecule has 0 bridgehead atoms. The van der Waals surface area contributed by atoms with Crippen molar-refractivity contribution in [2.24, 2.45) is 0 Å². The number of nitrogens with one attached hydrogen (secondary N) is 1. The lowest BCUT2D eigenvalue weighted by Gasteiger charge is -2.34. The molecule has 1 aliphatic heterocycles. The Hall–Kier alpha value is -2.63. The van der Waals surface area contributed by atoms with Gasteiger partial charge in [-0.15, -0.1) is 10.2 Å². The molecule has 162 valence electrons.